The van der Waals surface area contributed by atoms with Crippen LogP contribution in [0, 0.1) is 6.92 Å². The van der Waals surface area contributed by atoms with Gasteiger partial charge in [-0.05, 0) is 12.5 Å². The predicted molar refractivity (Wildman–Crippen MR) is 66.8 cm³/mol. The van der Waals surface area contributed by atoms with Crippen molar-refractivity contribution in [3.8, 4) is 0 Å². The van der Waals surface area contributed by atoms with E-state index in [-0.39, 0.29) is 6.03 Å². The SMILES string of the molecule is Cc1ncoc1CNC(=O)NCc1ccccc1. The quantitative estimate of drug-likeness (QED) is 0.865. The largest absolute Gasteiger partial charge is 0.446 e. The maximum Gasteiger partial charge on any atom is 0.315 e. The van der Waals surface area contributed by atoms with Gasteiger partial charge in [-0.2, -0.15) is 0 Å². The molecule has 0 fully saturated rings. The van der Waals surface area contributed by atoms with Crippen LogP contribution in [0.3, 0.4) is 0 Å². The molecule has 0 spiro atoms. The maximum absolute atomic E-state index is 11.5. The van der Waals surface area contributed by atoms with Crippen molar-refractivity contribution in [3.05, 3.63) is 53.7 Å². The van der Waals surface area contributed by atoms with E-state index in [1.165, 1.54) is 6.39 Å². The zero-order valence-corrected chi connectivity index (χ0v) is 10.1. The Labute approximate surface area is 105 Å². The average molecular weight is 245 g/mol. The highest BCUT2D eigenvalue weighted by Crippen LogP contribution is 2.03. The lowest BCUT2D eigenvalue weighted by Gasteiger charge is -2.06. The van der Waals surface area contributed by atoms with Crippen molar-refractivity contribution >= 4 is 6.03 Å². The van der Waals surface area contributed by atoms with Gasteiger partial charge < -0.3 is 15.1 Å². The minimum Gasteiger partial charge on any atom is -0.446 e. The highest BCUT2D eigenvalue weighted by Gasteiger charge is 2.05. The molecule has 5 nitrogen and oxygen atoms in total. The molecular weight excluding hydrogens is 230 g/mol. The average Bonchev–Trinajstić information content (AvgIpc) is 2.81. The molecule has 0 bridgehead atoms. The van der Waals surface area contributed by atoms with Gasteiger partial charge in [0.05, 0.1) is 12.2 Å². The van der Waals surface area contributed by atoms with Gasteiger partial charge in [-0.1, -0.05) is 30.3 Å². The van der Waals surface area contributed by atoms with Gasteiger partial charge in [0.15, 0.2) is 6.39 Å². The van der Waals surface area contributed by atoms with E-state index in [0.717, 1.165) is 11.3 Å². The number of amides is 2. The number of urea groups is 1. The summed E-state index contributed by atoms with van der Waals surface area (Å²) in [7, 11) is 0. The van der Waals surface area contributed by atoms with Gasteiger partial charge in [-0.15, -0.1) is 0 Å². The highest BCUT2D eigenvalue weighted by atomic mass is 16.3. The maximum atomic E-state index is 11.5. The molecule has 2 amide bonds. The summed E-state index contributed by atoms with van der Waals surface area (Å²) < 4.78 is 5.12. The molecular formula is C13H15N3O2. The second-order valence-electron chi connectivity index (χ2n) is 3.88. The van der Waals surface area contributed by atoms with E-state index < -0.39 is 0 Å². The third kappa shape index (κ3) is 3.35. The number of oxazole rings is 1. The van der Waals surface area contributed by atoms with Crippen molar-refractivity contribution in [2.24, 2.45) is 0 Å². The van der Waals surface area contributed by atoms with Crippen LogP contribution in [-0.4, -0.2) is 11.0 Å². The topological polar surface area (TPSA) is 67.2 Å². The van der Waals surface area contributed by atoms with Crippen molar-refractivity contribution in [2.75, 3.05) is 0 Å². The first kappa shape index (κ1) is 12.2. The molecule has 94 valence electrons. The van der Waals surface area contributed by atoms with Gasteiger partial charge in [0, 0.05) is 6.54 Å². The normalized spacial score (nSPS) is 10.1. The Morgan fingerprint density at radius 2 is 1.94 bits per heavy atom. The zero-order valence-electron chi connectivity index (χ0n) is 10.1. The smallest absolute Gasteiger partial charge is 0.315 e. The van der Waals surface area contributed by atoms with Gasteiger partial charge in [0.2, 0.25) is 0 Å². The number of benzene rings is 1. The Balaban J connectivity index is 1.75. The monoisotopic (exact) mass is 245 g/mol. The van der Waals surface area contributed by atoms with Crippen molar-refractivity contribution in [1.82, 2.24) is 15.6 Å². The fraction of sp³-hybridized carbons (Fsp3) is 0.231. The second-order valence-corrected chi connectivity index (χ2v) is 3.88. The van der Waals surface area contributed by atoms with Crippen LogP contribution in [0.1, 0.15) is 17.0 Å². The summed E-state index contributed by atoms with van der Waals surface area (Å²) in [5, 5.41) is 5.48. The van der Waals surface area contributed by atoms with Crippen LogP contribution in [-0.2, 0) is 13.1 Å². The number of hydrogen-bond donors (Lipinski definition) is 2. The molecule has 1 aromatic carbocycles. The summed E-state index contributed by atoms with van der Waals surface area (Å²) in [6.07, 6.45) is 1.37. The highest BCUT2D eigenvalue weighted by molar-refractivity contribution is 5.73. The van der Waals surface area contributed by atoms with Gasteiger partial charge in [0.1, 0.15) is 5.76 Å². The molecule has 0 aliphatic rings. The standard InChI is InChI=1S/C13H15N3O2/c1-10-12(18-9-16-10)8-15-13(17)14-7-11-5-3-2-4-6-11/h2-6,9H,7-8H2,1H3,(H2,14,15,17). The molecule has 0 atom stereocenters. The summed E-state index contributed by atoms with van der Waals surface area (Å²) in [6.45, 7) is 2.68. The van der Waals surface area contributed by atoms with Gasteiger partial charge in [0.25, 0.3) is 0 Å². The van der Waals surface area contributed by atoms with Gasteiger partial charge in [-0.25, -0.2) is 9.78 Å². The van der Waals surface area contributed by atoms with Crippen molar-refractivity contribution in [1.29, 1.82) is 0 Å². The molecule has 1 aromatic heterocycles. The predicted octanol–water partition coefficient (Wildman–Crippen LogP) is 1.98. The molecule has 18 heavy (non-hydrogen) atoms. The van der Waals surface area contributed by atoms with Crippen molar-refractivity contribution in [2.45, 2.75) is 20.0 Å². The molecule has 0 unspecified atom stereocenters. The number of nitrogens with one attached hydrogen (secondary N) is 2. The first-order valence-electron chi connectivity index (χ1n) is 5.70. The molecule has 2 rings (SSSR count). The van der Waals surface area contributed by atoms with Crippen molar-refractivity contribution < 1.29 is 9.21 Å². The fourth-order valence-corrected chi connectivity index (χ4v) is 1.50. The number of aryl methyl sites for hydroxylation is 1. The minimum atomic E-state index is -0.227. The second kappa shape index (κ2) is 5.86. The zero-order chi connectivity index (χ0) is 12.8. The molecule has 0 aliphatic heterocycles. The van der Waals surface area contributed by atoms with E-state index in [0.29, 0.717) is 18.8 Å². The summed E-state index contributed by atoms with van der Waals surface area (Å²) in [6, 6.07) is 9.51. The molecule has 0 saturated carbocycles. The Morgan fingerprint density at radius 1 is 1.22 bits per heavy atom. The van der Waals surface area contributed by atoms with E-state index in [9.17, 15) is 4.79 Å². The van der Waals surface area contributed by atoms with E-state index in [4.69, 9.17) is 4.42 Å². The Kier molecular flexibility index (Phi) is 3.96. The lowest BCUT2D eigenvalue weighted by atomic mass is 10.2. The molecule has 1 heterocycles. The summed E-state index contributed by atoms with van der Waals surface area (Å²) >= 11 is 0. The Morgan fingerprint density at radius 3 is 2.61 bits per heavy atom. The summed E-state index contributed by atoms with van der Waals surface area (Å²) in [5.74, 6) is 0.671. The molecule has 2 aromatic rings. The third-order valence-corrected chi connectivity index (χ3v) is 2.55. The molecule has 0 radical (unpaired) electrons. The Hall–Kier alpha value is -2.30. The van der Waals surface area contributed by atoms with Crippen LogP contribution in [0.2, 0.25) is 0 Å². The lowest BCUT2D eigenvalue weighted by Crippen LogP contribution is -2.34. The first-order valence-corrected chi connectivity index (χ1v) is 5.70. The van der Waals surface area contributed by atoms with Crippen LogP contribution in [0.15, 0.2) is 41.1 Å². The van der Waals surface area contributed by atoms with E-state index in [2.05, 4.69) is 15.6 Å². The van der Waals surface area contributed by atoms with Crippen LogP contribution in [0.5, 0.6) is 0 Å². The number of rotatable bonds is 4. The molecule has 5 heteroatoms. The number of aromatic nitrogens is 1. The van der Waals surface area contributed by atoms with Gasteiger partial charge >= 0.3 is 6.03 Å². The molecule has 0 saturated heterocycles. The fourth-order valence-electron chi connectivity index (χ4n) is 1.50. The van der Waals surface area contributed by atoms with E-state index in [1.807, 2.05) is 37.3 Å². The first-order chi connectivity index (χ1) is 8.75. The van der Waals surface area contributed by atoms with E-state index in [1.54, 1.807) is 0 Å². The number of carbonyl (C=O) groups excluding carboxylic acids is 1. The third-order valence-electron chi connectivity index (χ3n) is 2.55. The van der Waals surface area contributed by atoms with Crippen LogP contribution in [0.25, 0.3) is 0 Å². The van der Waals surface area contributed by atoms with Crippen LogP contribution >= 0.6 is 0 Å². The summed E-state index contributed by atoms with van der Waals surface area (Å²) in [4.78, 5) is 15.5. The molecule has 0 aliphatic carbocycles. The number of hydrogen-bond acceptors (Lipinski definition) is 3. The Bertz CT molecular complexity index is 508. The van der Waals surface area contributed by atoms with Crippen LogP contribution < -0.4 is 10.6 Å². The van der Waals surface area contributed by atoms with Crippen LogP contribution in [0.4, 0.5) is 4.79 Å². The number of carbonyl (C=O) groups is 1. The minimum absolute atomic E-state index is 0.227. The summed E-state index contributed by atoms with van der Waals surface area (Å²) in [5.41, 5.74) is 1.85. The van der Waals surface area contributed by atoms with Gasteiger partial charge in [-0.3, -0.25) is 0 Å². The van der Waals surface area contributed by atoms with E-state index >= 15 is 0 Å². The molecule has 2 N–H and O–H groups in total. The number of nitrogens with zero attached hydrogens (tertiary/aromatic N) is 1. The lowest BCUT2D eigenvalue weighted by molar-refractivity contribution is 0.239. The van der Waals surface area contributed by atoms with Crippen molar-refractivity contribution in [3.63, 3.8) is 0 Å².